The molecule has 0 spiro atoms. The summed E-state index contributed by atoms with van der Waals surface area (Å²) in [5.74, 6) is 0.625. The fourth-order valence-corrected chi connectivity index (χ4v) is 2.83. The number of methoxy groups -OCH3 is 1. The number of carbonyl (C=O) groups excluding carboxylic acids is 1. The van der Waals surface area contributed by atoms with E-state index >= 15 is 0 Å². The van der Waals surface area contributed by atoms with Gasteiger partial charge in [-0.3, -0.25) is 10.1 Å². The van der Waals surface area contributed by atoms with Gasteiger partial charge in [0.2, 0.25) is 5.13 Å². The molecule has 0 saturated heterocycles. The van der Waals surface area contributed by atoms with Crippen LogP contribution in [0.1, 0.15) is 26.5 Å². The third-order valence-electron chi connectivity index (χ3n) is 3.48. The molecule has 25 heavy (non-hydrogen) atoms. The SMILES string of the molecule is COc1ccc(/C=C/c2nnc(NC(=O)c3cccc(C)c3)s2)cc1. The number of amides is 1. The minimum atomic E-state index is -0.189. The summed E-state index contributed by atoms with van der Waals surface area (Å²) in [5.41, 5.74) is 2.67. The van der Waals surface area contributed by atoms with Gasteiger partial charge >= 0.3 is 0 Å². The Kier molecular flexibility index (Phi) is 5.20. The zero-order valence-corrected chi connectivity index (χ0v) is 14.7. The van der Waals surface area contributed by atoms with Gasteiger partial charge in [-0.05, 0) is 42.8 Å². The van der Waals surface area contributed by atoms with Crippen molar-refractivity contribution in [3.63, 3.8) is 0 Å². The molecular formula is C19H17N3O2S. The highest BCUT2D eigenvalue weighted by atomic mass is 32.1. The van der Waals surface area contributed by atoms with Crippen LogP contribution in [-0.4, -0.2) is 23.2 Å². The summed E-state index contributed by atoms with van der Waals surface area (Å²) in [4.78, 5) is 12.2. The summed E-state index contributed by atoms with van der Waals surface area (Å²) in [6, 6.07) is 15.1. The lowest BCUT2D eigenvalue weighted by Crippen LogP contribution is -2.11. The molecular weight excluding hydrogens is 334 g/mol. The van der Waals surface area contributed by atoms with Crippen LogP contribution >= 0.6 is 11.3 Å². The molecule has 0 atom stereocenters. The quantitative estimate of drug-likeness (QED) is 0.745. The van der Waals surface area contributed by atoms with E-state index < -0.39 is 0 Å². The molecule has 0 unspecified atom stereocenters. The molecule has 0 aliphatic carbocycles. The van der Waals surface area contributed by atoms with Crippen LogP contribution in [0.5, 0.6) is 5.75 Å². The van der Waals surface area contributed by atoms with Crippen LogP contribution < -0.4 is 10.1 Å². The standard InChI is InChI=1S/C19H17N3O2S/c1-13-4-3-5-15(12-13)18(23)20-19-22-21-17(25-19)11-8-14-6-9-16(24-2)10-7-14/h3-12H,1-2H3,(H,20,22,23)/b11-8+. The van der Waals surface area contributed by atoms with Crippen molar-refractivity contribution in [1.82, 2.24) is 10.2 Å². The highest BCUT2D eigenvalue weighted by Gasteiger charge is 2.09. The lowest BCUT2D eigenvalue weighted by atomic mass is 10.1. The zero-order chi connectivity index (χ0) is 17.6. The lowest BCUT2D eigenvalue weighted by Gasteiger charge is -2.01. The fourth-order valence-electron chi connectivity index (χ4n) is 2.19. The number of anilines is 1. The molecule has 3 aromatic rings. The van der Waals surface area contributed by atoms with E-state index in [1.165, 1.54) is 11.3 Å². The van der Waals surface area contributed by atoms with Gasteiger partial charge in [-0.1, -0.05) is 47.2 Å². The number of nitrogens with zero attached hydrogens (tertiary/aromatic N) is 2. The number of aromatic nitrogens is 2. The Bertz CT molecular complexity index is 901. The largest absolute Gasteiger partial charge is 0.497 e. The number of hydrogen-bond acceptors (Lipinski definition) is 5. The molecule has 1 amide bonds. The molecule has 1 N–H and O–H groups in total. The average Bonchev–Trinajstić information content (AvgIpc) is 3.08. The molecule has 0 bridgehead atoms. The summed E-state index contributed by atoms with van der Waals surface area (Å²) >= 11 is 1.32. The second-order valence-corrected chi connectivity index (χ2v) is 6.38. The van der Waals surface area contributed by atoms with Crippen LogP contribution in [0.2, 0.25) is 0 Å². The predicted octanol–water partition coefficient (Wildman–Crippen LogP) is 4.28. The van der Waals surface area contributed by atoms with Crippen LogP contribution in [-0.2, 0) is 0 Å². The first-order valence-electron chi connectivity index (χ1n) is 7.68. The van der Waals surface area contributed by atoms with Gasteiger partial charge in [0.05, 0.1) is 7.11 Å². The zero-order valence-electron chi connectivity index (χ0n) is 13.9. The molecule has 3 rings (SSSR count). The Hall–Kier alpha value is -2.99. The van der Waals surface area contributed by atoms with E-state index in [9.17, 15) is 4.79 Å². The van der Waals surface area contributed by atoms with Gasteiger partial charge in [-0.15, -0.1) is 10.2 Å². The second-order valence-electron chi connectivity index (χ2n) is 5.38. The lowest BCUT2D eigenvalue weighted by molar-refractivity contribution is 0.102. The molecule has 6 heteroatoms. The fraction of sp³-hybridized carbons (Fsp3) is 0.105. The summed E-state index contributed by atoms with van der Waals surface area (Å²) in [6.07, 6.45) is 3.80. The Balaban J connectivity index is 1.65. The number of rotatable bonds is 5. The smallest absolute Gasteiger partial charge is 0.257 e. The topological polar surface area (TPSA) is 64.1 Å². The number of aryl methyl sites for hydroxylation is 1. The molecule has 0 aliphatic heterocycles. The monoisotopic (exact) mass is 351 g/mol. The van der Waals surface area contributed by atoms with Crippen molar-refractivity contribution in [2.45, 2.75) is 6.92 Å². The second kappa shape index (κ2) is 7.72. The van der Waals surface area contributed by atoms with Crippen molar-refractivity contribution in [2.24, 2.45) is 0 Å². The third kappa shape index (κ3) is 4.51. The van der Waals surface area contributed by atoms with Crippen LogP contribution in [0.25, 0.3) is 12.2 Å². The number of hydrogen-bond donors (Lipinski definition) is 1. The Labute approximate surface area is 150 Å². The number of carbonyl (C=O) groups is 1. The normalized spacial score (nSPS) is 10.8. The number of nitrogens with one attached hydrogen (secondary N) is 1. The van der Waals surface area contributed by atoms with E-state index in [0.717, 1.165) is 21.9 Å². The summed E-state index contributed by atoms with van der Waals surface area (Å²) < 4.78 is 5.13. The van der Waals surface area contributed by atoms with Gasteiger partial charge in [0.25, 0.3) is 5.91 Å². The first-order valence-corrected chi connectivity index (χ1v) is 8.49. The minimum Gasteiger partial charge on any atom is -0.497 e. The maximum Gasteiger partial charge on any atom is 0.257 e. The molecule has 0 aliphatic rings. The van der Waals surface area contributed by atoms with Crippen molar-refractivity contribution in [1.29, 1.82) is 0 Å². The van der Waals surface area contributed by atoms with Gasteiger partial charge < -0.3 is 4.74 Å². The molecule has 1 aromatic heterocycles. The van der Waals surface area contributed by atoms with Gasteiger partial charge in [-0.25, -0.2) is 0 Å². The van der Waals surface area contributed by atoms with E-state index in [1.54, 1.807) is 13.2 Å². The molecule has 5 nitrogen and oxygen atoms in total. The summed E-state index contributed by atoms with van der Waals surface area (Å²) in [6.45, 7) is 1.95. The van der Waals surface area contributed by atoms with Crippen molar-refractivity contribution >= 4 is 34.5 Å². The van der Waals surface area contributed by atoms with Gasteiger partial charge in [0.1, 0.15) is 10.8 Å². The molecule has 0 fully saturated rings. The highest BCUT2D eigenvalue weighted by Crippen LogP contribution is 2.19. The maximum atomic E-state index is 12.2. The number of ether oxygens (including phenoxy) is 1. The first kappa shape index (κ1) is 16.9. The van der Waals surface area contributed by atoms with E-state index in [1.807, 2.05) is 61.5 Å². The number of benzene rings is 2. The Morgan fingerprint density at radius 1 is 1.12 bits per heavy atom. The molecule has 2 aromatic carbocycles. The molecule has 1 heterocycles. The summed E-state index contributed by atoms with van der Waals surface area (Å²) in [5, 5.41) is 12.0. The van der Waals surface area contributed by atoms with Crippen LogP contribution in [0.3, 0.4) is 0 Å². The van der Waals surface area contributed by atoms with Crippen molar-refractivity contribution < 1.29 is 9.53 Å². The van der Waals surface area contributed by atoms with E-state index in [0.29, 0.717) is 10.7 Å². The van der Waals surface area contributed by atoms with Crippen molar-refractivity contribution in [2.75, 3.05) is 12.4 Å². The van der Waals surface area contributed by atoms with Gasteiger partial charge in [-0.2, -0.15) is 0 Å². The van der Waals surface area contributed by atoms with Crippen molar-refractivity contribution in [3.05, 3.63) is 70.2 Å². The van der Waals surface area contributed by atoms with E-state index in [4.69, 9.17) is 4.74 Å². The Morgan fingerprint density at radius 3 is 2.64 bits per heavy atom. The third-order valence-corrected chi connectivity index (χ3v) is 4.28. The minimum absolute atomic E-state index is 0.189. The van der Waals surface area contributed by atoms with Gasteiger partial charge in [0, 0.05) is 5.56 Å². The first-order chi connectivity index (χ1) is 12.1. The summed E-state index contributed by atoms with van der Waals surface area (Å²) in [7, 11) is 1.64. The average molecular weight is 351 g/mol. The maximum absolute atomic E-state index is 12.2. The van der Waals surface area contributed by atoms with Crippen LogP contribution in [0, 0.1) is 6.92 Å². The predicted molar refractivity (Wildman–Crippen MR) is 101 cm³/mol. The van der Waals surface area contributed by atoms with Crippen LogP contribution in [0.4, 0.5) is 5.13 Å². The molecule has 0 radical (unpaired) electrons. The highest BCUT2D eigenvalue weighted by molar-refractivity contribution is 7.16. The molecule has 0 saturated carbocycles. The molecule has 126 valence electrons. The van der Waals surface area contributed by atoms with Crippen LogP contribution in [0.15, 0.2) is 48.5 Å². The van der Waals surface area contributed by atoms with E-state index in [-0.39, 0.29) is 5.91 Å². The van der Waals surface area contributed by atoms with E-state index in [2.05, 4.69) is 15.5 Å². The Morgan fingerprint density at radius 2 is 1.92 bits per heavy atom. The van der Waals surface area contributed by atoms with Crippen molar-refractivity contribution in [3.8, 4) is 5.75 Å². The van der Waals surface area contributed by atoms with Gasteiger partial charge in [0.15, 0.2) is 0 Å².